The minimum absolute atomic E-state index is 0.309. The summed E-state index contributed by atoms with van der Waals surface area (Å²) in [5.74, 6) is 5.39. The Bertz CT molecular complexity index is 533. The Morgan fingerprint density at radius 1 is 1.24 bits per heavy atom. The molecule has 88 valence electrons. The maximum absolute atomic E-state index is 12.9. The van der Waals surface area contributed by atoms with Gasteiger partial charge in [-0.15, -0.1) is 0 Å². The number of hydrazine groups is 1. The molecular formula is C11H10ClFN4. The van der Waals surface area contributed by atoms with Crippen LogP contribution in [0.1, 0.15) is 0 Å². The van der Waals surface area contributed by atoms with Crippen molar-refractivity contribution < 1.29 is 4.39 Å². The third kappa shape index (κ3) is 2.83. The van der Waals surface area contributed by atoms with E-state index in [2.05, 4.69) is 15.7 Å². The fourth-order valence-electron chi connectivity index (χ4n) is 1.33. The number of aromatic nitrogens is 1. The predicted octanol–water partition coefficient (Wildman–Crippen LogP) is 2.90. The molecule has 0 saturated carbocycles. The van der Waals surface area contributed by atoms with Crippen molar-refractivity contribution in [2.24, 2.45) is 5.84 Å². The Labute approximate surface area is 103 Å². The molecule has 0 radical (unpaired) electrons. The van der Waals surface area contributed by atoms with Crippen molar-refractivity contribution in [2.45, 2.75) is 0 Å². The van der Waals surface area contributed by atoms with Crippen molar-refractivity contribution in [2.75, 3.05) is 10.7 Å². The monoisotopic (exact) mass is 252 g/mol. The smallest absolute Gasteiger partial charge is 0.141 e. The summed E-state index contributed by atoms with van der Waals surface area (Å²) in [6, 6.07) is 7.60. The summed E-state index contributed by atoms with van der Waals surface area (Å²) >= 11 is 5.89. The highest BCUT2D eigenvalue weighted by molar-refractivity contribution is 6.33. The first-order valence-corrected chi connectivity index (χ1v) is 5.21. The highest BCUT2D eigenvalue weighted by Gasteiger charge is 2.03. The number of hydrogen-bond acceptors (Lipinski definition) is 4. The van der Waals surface area contributed by atoms with E-state index in [4.69, 9.17) is 17.4 Å². The third-order valence-corrected chi connectivity index (χ3v) is 2.43. The average Bonchev–Trinajstić information content (AvgIpc) is 2.33. The van der Waals surface area contributed by atoms with Gasteiger partial charge < -0.3 is 10.7 Å². The lowest BCUT2D eigenvalue weighted by Crippen LogP contribution is -2.08. The number of halogens is 2. The van der Waals surface area contributed by atoms with Gasteiger partial charge >= 0.3 is 0 Å². The minimum Gasteiger partial charge on any atom is -0.354 e. The largest absolute Gasteiger partial charge is 0.354 e. The zero-order valence-electron chi connectivity index (χ0n) is 8.74. The van der Waals surface area contributed by atoms with E-state index in [9.17, 15) is 4.39 Å². The first kappa shape index (κ1) is 11.6. The van der Waals surface area contributed by atoms with E-state index in [-0.39, 0.29) is 5.82 Å². The highest BCUT2D eigenvalue weighted by atomic mass is 35.5. The highest BCUT2D eigenvalue weighted by Crippen LogP contribution is 2.26. The molecule has 4 N–H and O–H groups in total. The number of pyridine rings is 1. The summed E-state index contributed by atoms with van der Waals surface area (Å²) in [4.78, 5) is 3.97. The Kier molecular flexibility index (Phi) is 3.41. The molecule has 0 spiro atoms. The van der Waals surface area contributed by atoms with Gasteiger partial charge in [0.05, 0.1) is 10.7 Å². The van der Waals surface area contributed by atoms with Crippen LogP contribution < -0.4 is 16.6 Å². The molecule has 1 heterocycles. The fourth-order valence-corrected chi connectivity index (χ4v) is 1.55. The minimum atomic E-state index is -0.375. The van der Waals surface area contributed by atoms with E-state index in [0.717, 1.165) is 5.69 Å². The van der Waals surface area contributed by atoms with Crippen LogP contribution in [0.5, 0.6) is 0 Å². The average molecular weight is 253 g/mol. The van der Waals surface area contributed by atoms with Crippen LogP contribution in [0.3, 0.4) is 0 Å². The van der Waals surface area contributed by atoms with E-state index < -0.39 is 0 Å². The summed E-state index contributed by atoms with van der Waals surface area (Å²) in [7, 11) is 0. The Morgan fingerprint density at radius 3 is 2.76 bits per heavy atom. The second kappa shape index (κ2) is 4.99. The van der Waals surface area contributed by atoms with Gasteiger partial charge in [-0.05, 0) is 24.3 Å². The van der Waals surface area contributed by atoms with Gasteiger partial charge in [-0.2, -0.15) is 0 Å². The maximum Gasteiger partial charge on any atom is 0.141 e. The Hall–Kier alpha value is -1.85. The van der Waals surface area contributed by atoms with Crippen molar-refractivity contribution in [3.05, 3.63) is 47.4 Å². The van der Waals surface area contributed by atoms with Gasteiger partial charge in [-0.3, -0.25) is 0 Å². The summed E-state index contributed by atoms with van der Waals surface area (Å²) in [6.45, 7) is 0. The van der Waals surface area contributed by atoms with E-state index in [1.807, 2.05) is 0 Å². The number of nitrogens with one attached hydrogen (secondary N) is 2. The van der Waals surface area contributed by atoms with Crippen LogP contribution in [0.2, 0.25) is 5.02 Å². The van der Waals surface area contributed by atoms with Gasteiger partial charge in [0.15, 0.2) is 0 Å². The molecule has 1 aromatic heterocycles. The molecule has 0 bridgehead atoms. The van der Waals surface area contributed by atoms with Crippen molar-refractivity contribution in [1.82, 2.24) is 4.98 Å². The van der Waals surface area contributed by atoms with Gasteiger partial charge in [0, 0.05) is 18.0 Å². The summed E-state index contributed by atoms with van der Waals surface area (Å²) in [6.07, 6.45) is 1.59. The Balaban J connectivity index is 2.25. The lowest BCUT2D eigenvalue weighted by molar-refractivity contribution is 0.628. The van der Waals surface area contributed by atoms with Gasteiger partial charge in [0.2, 0.25) is 0 Å². The molecule has 2 rings (SSSR count). The molecule has 0 aliphatic heterocycles. The van der Waals surface area contributed by atoms with Crippen molar-refractivity contribution in [1.29, 1.82) is 0 Å². The van der Waals surface area contributed by atoms with Gasteiger partial charge in [-0.1, -0.05) is 11.6 Å². The topological polar surface area (TPSA) is 63.0 Å². The number of hydrogen-bond donors (Lipinski definition) is 3. The molecule has 0 saturated heterocycles. The molecule has 0 atom stereocenters. The second-order valence-electron chi connectivity index (χ2n) is 3.32. The molecule has 6 heteroatoms. The predicted molar refractivity (Wildman–Crippen MR) is 66.7 cm³/mol. The first-order chi connectivity index (χ1) is 8.19. The van der Waals surface area contributed by atoms with Crippen molar-refractivity contribution >= 4 is 28.8 Å². The molecule has 0 amide bonds. The third-order valence-electron chi connectivity index (χ3n) is 2.12. The standard InChI is InChI=1S/C11H10ClFN4/c12-9-5-7(13)1-2-10(9)16-8-3-4-15-11(6-8)17-14/h1-6H,14H2,(H2,15,16,17). The molecule has 0 aliphatic carbocycles. The van der Waals surface area contributed by atoms with Crippen LogP contribution in [-0.4, -0.2) is 4.98 Å². The van der Waals surface area contributed by atoms with Crippen LogP contribution >= 0.6 is 11.6 Å². The summed E-state index contributed by atoms with van der Waals surface area (Å²) < 4.78 is 12.9. The van der Waals surface area contributed by atoms with E-state index in [0.29, 0.717) is 16.5 Å². The number of nitrogens with two attached hydrogens (primary N) is 1. The van der Waals surface area contributed by atoms with Crippen LogP contribution in [0.25, 0.3) is 0 Å². The lowest BCUT2D eigenvalue weighted by atomic mass is 10.3. The SMILES string of the molecule is NNc1cc(Nc2ccc(F)cc2Cl)ccn1. The molecular weight excluding hydrogens is 243 g/mol. The number of benzene rings is 1. The zero-order chi connectivity index (χ0) is 12.3. The molecule has 17 heavy (non-hydrogen) atoms. The second-order valence-corrected chi connectivity index (χ2v) is 3.73. The van der Waals surface area contributed by atoms with E-state index >= 15 is 0 Å². The van der Waals surface area contributed by atoms with Gasteiger partial charge in [0.25, 0.3) is 0 Å². The molecule has 0 fully saturated rings. The molecule has 0 unspecified atom stereocenters. The maximum atomic E-state index is 12.9. The summed E-state index contributed by atoms with van der Waals surface area (Å²) in [5, 5.41) is 3.35. The van der Waals surface area contributed by atoms with E-state index in [1.165, 1.54) is 12.1 Å². The number of rotatable bonds is 3. The number of anilines is 3. The van der Waals surface area contributed by atoms with Crippen LogP contribution in [-0.2, 0) is 0 Å². The molecule has 0 aliphatic rings. The molecule has 1 aromatic carbocycles. The van der Waals surface area contributed by atoms with Crippen LogP contribution in [0.15, 0.2) is 36.5 Å². The molecule has 2 aromatic rings. The van der Waals surface area contributed by atoms with Crippen LogP contribution in [0.4, 0.5) is 21.6 Å². The number of nitrogens with zero attached hydrogens (tertiary/aromatic N) is 1. The fraction of sp³-hybridized carbons (Fsp3) is 0. The van der Waals surface area contributed by atoms with Gasteiger partial charge in [-0.25, -0.2) is 15.2 Å². The van der Waals surface area contributed by atoms with Gasteiger partial charge in [0.1, 0.15) is 11.6 Å². The van der Waals surface area contributed by atoms with Crippen molar-refractivity contribution in [3.8, 4) is 0 Å². The summed E-state index contributed by atoms with van der Waals surface area (Å²) in [5.41, 5.74) is 3.80. The quantitative estimate of drug-likeness (QED) is 0.581. The Morgan fingerprint density at radius 2 is 2.06 bits per heavy atom. The normalized spacial score (nSPS) is 10.1. The number of nitrogen functional groups attached to an aromatic ring is 1. The zero-order valence-corrected chi connectivity index (χ0v) is 9.50. The molecule has 4 nitrogen and oxygen atoms in total. The first-order valence-electron chi connectivity index (χ1n) is 4.84. The van der Waals surface area contributed by atoms with E-state index in [1.54, 1.807) is 24.4 Å². The van der Waals surface area contributed by atoms with Crippen LogP contribution in [0, 0.1) is 5.82 Å². The lowest BCUT2D eigenvalue weighted by Gasteiger charge is -2.09. The van der Waals surface area contributed by atoms with Crippen molar-refractivity contribution in [3.63, 3.8) is 0 Å².